The molecule has 3 aromatic rings. The number of methoxy groups -OCH3 is 1. The largest absolute Gasteiger partial charge is 0.508 e. The Morgan fingerprint density at radius 1 is 0.971 bits per heavy atom. The Bertz CT molecular complexity index is 1380. The number of hydrogen-bond donors (Lipinski definition) is 1. The Kier molecular flexibility index (Phi) is 5.89. The summed E-state index contributed by atoms with van der Waals surface area (Å²) in [5.41, 5.74) is 6.55. The molecular formula is C29H24NO3S+. The van der Waals surface area contributed by atoms with Crippen LogP contribution < -0.4 is 4.90 Å². The van der Waals surface area contributed by atoms with Gasteiger partial charge in [0.1, 0.15) is 11.5 Å². The predicted molar refractivity (Wildman–Crippen MR) is 135 cm³/mol. The summed E-state index contributed by atoms with van der Waals surface area (Å²) >= 11 is 0. The van der Waals surface area contributed by atoms with Crippen molar-refractivity contribution in [2.24, 2.45) is 0 Å². The number of hydrogen-bond acceptors (Lipinski definition) is 4. The van der Waals surface area contributed by atoms with E-state index in [1.807, 2.05) is 48.4 Å². The van der Waals surface area contributed by atoms with E-state index in [1.54, 1.807) is 31.4 Å². The van der Waals surface area contributed by atoms with Crippen LogP contribution in [0.5, 0.6) is 5.75 Å². The lowest BCUT2D eigenvalue weighted by Crippen LogP contribution is -2.18. The third kappa shape index (κ3) is 4.08. The van der Waals surface area contributed by atoms with Crippen LogP contribution in [0.4, 0.5) is 5.69 Å². The zero-order valence-corrected chi connectivity index (χ0v) is 19.8. The molecule has 0 amide bonds. The van der Waals surface area contributed by atoms with Gasteiger partial charge in [0.05, 0.1) is 29.3 Å². The number of Topliss-reactive ketones (excluding diaryl/α,β-unsaturated/α-hetero) is 1. The van der Waals surface area contributed by atoms with Crippen LogP contribution >= 0.6 is 0 Å². The highest BCUT2D eigenvalue weighted by Gasteiger charge is 2.32. The van der Waals surface area contributed by atoms with Crippen LogP contribution in [0, 0.1) is 0 Å². The van der Waals surface area contributed by atoms with E-state index >= 15 is 0 Å². The lowest BCUT2D eigenvalue weighted by molar-refractivity contribution is -0.114. The van der Waals surface area contributed by atoms with Crippen molar-refractivity contribution in [3.8, 4) is 5.75 Å². The maximum Gasteiger partial charge on any atom is 0.170 e. The number of aromatic hydroxyl groups is 1. The Hall–Kier alpha value is -3.92. The van der Waals surface area contributed by atoms with Crippen molar-refractivity contribution in [1.29, 1.82) is 0 Å². The topological polar surface area (TPSA) is 49.8 Å². The van der Waals surface area contributed by atoms with Crippen molar-refractivity contribution >= 4 is 22.4 Å². The molecule has 1 heterocycles. The lowest BCUT2D eigenvalue weighted by atomic mass is 10.0. The summed E-state index contributed by atoms with van der Waals surface area (Å²) in [4.78, 5) is 18.8. The van der Waals surface area contributed by atoms with Gasteiger partial charge in [-0.1, -0.05) is 23.9 Å². The molecule has 1 atom stereocenters. The number of carbonyl (C=O) groups is 1. The lowest BCUT2D eigenvalue weighted by Gasteiger charge is -2.21. The van der Waals surface area contributed by atoms with Crippen LogP contribution in [-0.2, 0) is 26.8 Å². The third-order valence-corrected chi connectivity index (χ3v) is 8.14. The average molecular weight is 467 g/mol. The zero-order chi connectivity index (χ0) is 23.7. The first-order valence-electron chi connectivity index (χ1n) is 11.0. The fourth-order valence-corrected chi connectivity index (χ4v) is 6.37. The minimum atomic E-state index is -0.381. The van der Waals surface area contributed by atoms with Gasteiger partial charge in [-0.05, 0) is 78.4 Å². The Morgan fingerprint density at radius 2 is 1.68 bits per heavy atom. The van der Waals surface area contributed by atoms with E-state index in [1.165, 1.54) is 4.90 Å². The van der Waals surface area contributed by atoms with Crippen molar-refractivity contribution in [3.63, 3.8) is 0 Å². The molecule has 1 aliphatic carbocycles. The average Bonchev–Trinajstić information content (AvgIpc) is 3.13. The Balaban J connectivity index is 1.62. The standard InChI is InChI=1S/C29H23NO3S/c1-30-27-16-15-25(34(23-8-4-3-5-9-23)24-13-11-21(31)12-14-24)17-20(27)18-29(32)26-19-22(33-2)7-6-10-28(26)30/h3-9,11-17,19H,18H2,1-2H3/p+1. The molecule has 0 saturated carbocycles. The van der Waals surface area contributed by atoms with Crippen molar-refractivity contribution in [1.82, 2.24) is 0 Å². The minimum absolute atomic E-state index is 0.0349. The molecule has 0 radical (unpaired) electrons. The summed E-state index contributed by atoms with van der Waals surface area (Å²) in [5.74, 6) is 0.906. The summed E-state index contributed by atoms with van der Waals surface area (Å²) < 4.78 is 5.39. The highest BCUT2D eigenvalue weighted by molar-refractivity contribution is 7.97. The smallest absolute Gasteiger partial charge is 0.170 e. The van der Waals surface area contributed by atoms with Gasteiger partial charge in [0, 0.05) is 19.2 Å². The Morgan fingerprint density at radius 3 is 2.41 bits per heavy atom. The minimum Gasteiger partial charge on any atom is -0.508 e. The molecular weight excluding hydrogens is 442 g/mol. The van der Waals surface area contributed by atoms with Gasteiger partial charge in [-0.2, -0.15) is 0 Å². The highest BCUT2D eigenvalue weighted by atomic mass is 32.2. The van der Waals surface area contributed by atoms with Gasteiger partial charge in [0.15, 0.2) is 20.5 Å². The van der Waals surface area contributed by atoms with Crippen molar-refractivity contribution in [3.05, 3.63) is 119 Å². The van der Waals surface area contributed by atoms with Gasteiger partial charge in [-0.15, -0.1) is 0 Å². The maximum absolute atomic E-state index is 13.4. The van der Waals surface area contributed by atoms with Crippen LogP contribution in [0.2, 0.25) is 0 Å². The highest BCUT2D eigenvalue weighted by Crippen LogP contribution is 2.38. The van der Waals surface area contributed by atoms with Crippen LogP contribution in [0.1, 0.15) is 5.56 Å². The fraction of sp³-hybridized carbons (Fsp3) is 0.103. The van der Waals surface area contributed by atoms with E-state index in [9.17, 15) is 9.90 Å². The van der Waals surface area contributed by atoms with Gasteiger partial charge in [0.25, 0.3) is 0 Å². The number of carbonyl (C=O) groups excluding carboxylic acids is 1. The van der Waals surface area contributed by atoms with E-state index in [4.69, 9.17) is 4.74 Å². The fourth-order valence-electron chi connectivity index (χ4n) is 4.25. The van der Waals surface area contributed by atoms with E-state index < -0.39 is 0 Å². The SMILES string of the molecule is COC1=CC=C=C2C(=C1)C(=O)Cc1cc([S+](c3ccccc3)c3ccc(O)cc3)ccc1N2C. The number of ketones is 1. The zero-order valence-electron chi connectivity index (χ0n) is 19.0. The molecule has 3 aromatic carbocycles. The molecule has 0 bridgehead atoms. The van der Waals surface area contributed by atoms with Crippen molar-refractivity contribution in [2.75, 3.05) is 19.1 Å². The van der Waals surface area contributed by atoms with Crippen LogP contribution in [-0.4, -0.2) is 25.0 Å². The molecule has 4 nitrogen and oxygen atoms in total. The number of fused-ring (bicyclic) bond motifs is 2. The maximum atomic E-state index is 13.4. The Labute approximate surface area is 202 Å². The quantitative estimate of drug-likeness (QED) is 0.404. The normalized spacial score (nSPS) is 15.8. The number of phenols is 1. The van der Waals surface area contributed by atoms with Gasteiger partial charge in [-0.25, -0.2) is 0 Å². The number of allylic oxidation sites excluding steroid dienone is 3. The number of ether oxygens (including phenoxy) is 1. The van der Waals surface area contributed by atoms with Gasteiger partial charge >= 0.3 is 0 Å². The number of benzene rings is 3. The van der Waals surface area contributed by atoms with E-state index in [0.29, 0.717) is 17.8 Å². The summed E-state index contributed by atoms with van der Waals surface area (Å²) in [6.07, 6.45) is 5.69. The number of phenolic OH excluding ortho intramolecular Hbond substituents is 1. The monoisotopic (exact) mass is 466 g/mol. The van der Waals surface area contributed by atoms with Gasteiger partial charge in [0.2, 0.25) is 0 Å². The van der Waals surface area contributed by atoms with Crippen LogP contribution in [0.3, 0.4) is 0 Å². The summed E-state index contributed by atoms with van der Waals surface area (Å²) in [6, 6.07) is 24.1. The van der Waals surface area contributed by atoms with Crippen molar-refractivity contribution in [2.45, 2.75) is 21.1 Å². The van der Waals surface area contributed by atoms with Crippen LogP contribution in [0.25, 0.3) is 0 Å². The van der Waals surface area contributed by atoms with Crippen LogP contribution in [0.15, 0.2) is 128 Å². The van der Waals surface area contributed by atoms with Crippen molar-refractivity contribution < 1.29 is 14.6 Å². The third-order valence-electron chi connectivity index (χ3n) is 5.93. The molecule has 5 rings (SSSR count). The number of likely N-dealkylation sites (N-methyl/N-ethyl adjacent to an activating group) is 1. The number of nitrogens with zero attached hydrogens (tertiary/aromatic N) is 1. The molecule has 34 heavy (non-hydrogen) atoms. The van der Waals surface area contributed by atoms with Gasteiger partial charge < -0.3 is 14.7 Å². The molecule has 0 aromatic heterocycles. The molecule has 0 saturated heterocycles. The first-order chi connectivity index (χ1) is 16.5. The van der Waals surface area contributed by atoms with E-state index in [2.05, 4.69) is 36.1 Å². The molecule has 0 fully saturated rings. The van der Waals surface area contributed by atoms with E-state index in [-0.39, 0.29) is 22.4 Å². The molecule has 5 heteroatoms. The second kappa shape index (κ2) is 9.14. The second-order valence-electron chi connectivity index (χ2n) is 8.05. The second-order valence-corrected chi connectivity index (χ2v) is 10.1. The first kappa shape index (κ1) is 21.9. The summed E-state index contributed by atoms with van der Waals surface area (Å²) in [7, 11) is 3.19. The summed E-state index contributed by atoms with van der Waals surface area (Å²) in [5, 5.41) is 9.82. The molecule has 1 aliphatic heterocycles. The molecule has 168 valence electrons. The summed E-state index contributed by atoms with van der Waals surface area (Å²) in [6.45, 7) is 0. The van der Waals surface area contributed by atoms with E-state index in [0.717, 1.165) is 26.7 Å². The molecule has 2 aliphatic rings. The first-order valence-corrected chi connectivity index (χ1v) is 12.2. The molecule has 1 unspecified atom stereocenters. The number of anilines is 1. The molecule has 0 spiro atoms. The van der Waals surface area contributed by atoms with Gasteiger partial charge in [-0.3, -0.25) is 4.79 Å². The molecule has 1 N–H and O–H groups in total. The number of rotatable bonds is 4. The predicted octanol–water partition coefficient (Wildman–Crippen LogP) is 5.56.